The van der Waals surface area contributed by atoms with E-state index in [2.05, 4.69) is 15.7 Å². The number of fused-ring (bicyclic) bond motifs is 1. The summed E-state index contributed by atoms with van der Waals surface area (Å²) in [7, 11) is 1.74. The van der Waals surface area contributed by atoms with Gasteiger partial charge in [-0.15, -0.1) is 0 Å². The van der Waals surface area contributed by atoms with Gasteiger partial charge >= 0.3 is 0 Å². The molecule has 7 heteroatoms. The zero-order chi connectivity index (χ0) is 15.9. The first kappa shape index (κ1) is 14.1. The maximum Gasteiger partial charge on any atom is 0.278 e. The van der Waals surface area contributed by atoms with Gasteiger partial charge in [0.2, 0.25) is 0 Å². The van der Waals surface area contributed by atoms with Gasteiger partial charge in [-0.1, -0.05) is 6.07 Å². The van der Waals surface area contributed by atoms with Crippen LogP contribution in [0.15, 0.2) is 30.6 Å². The number of anilines is 2. The van der Waals surface area contributed by atoms with Gasteiger partial charge in [0.25, 0.3) is 17.4 Å². The molecule has 7 nitrogen and oxygen atoms in total. The molecule has 0 saturated carbocycles. The number of rotatable bonds is 2. The number of nitrogens with zero attached hydrogens (tertiary/aromatic N) is 2. The minimum Gasteiger partial charge on any atom is -0.466 e. The molecular weight excluding hydrogens is 284 g/mol. The maximum atomic E-state index is 12.5. The molecule has 2 heterocycles. The van der Waals surface area contributed by atoms with Crippen LogP contribution in [0.1, 0.15) is 12.5 Å². The summed E-state index contributed by atoms with van der Waals surface area (Å²) < 4.78 is 7.23. The van der Waals surface area contributed by atoms with E-state index in [1.807, 2.05) is 13.0 Å². The van der Waals surface area contributed by atoms with E-state index in [-0.39, 0.29) is 0 Å². The SMILES string of the molecule is Cc1ccc2c(c1)NC(=O)[C@](C)(C(=O)Nc1cnn(C)c1)O2. The third kappa shape index (κ3) is 2.30. The van der Waals surface area contributed by atoms with Crippen LogP contribution < -0.4 is 15.4 Å². The molecule has 0 saturated heterocycles. The van der Waals surface area contributed by atoms with Crippen LogP contribution in [-0.4, -0.2) is 27.2 Å². The number of hydrogen-bond acceptors (Lipinski definition) is 4. The summed E-state index contributed by atoms with van der Waals surface area (Å²) in [4.78, 5) is 24.8. The highest BCUT2D eigenvalue weighted by atomic mass is 16.5. The highest BCUT2D eigenvalue weighted by Crippen LogP contribution is 2.34. The third-order valence-electron chi connectivity index (χ3n) is 3.53. The molecule has 0 unspecified atom stereocenters. The van der Waals surface area contributed by atoms with Crippen molar-refractivity contribution in [2.45, 2.75) is 19.4 Å². The van der Waals surface area contributed by atoms with E-state index in [1.54, 1.807) is 30.1 Å². The van der Waals surface area contributed by atoms with Gasteiger partial charge in [-0.05, 0) is 31.5 Å². The lowest BCUT2D eigenvalue weighted by Gasteiger charge is -2.33. The zero-order valence-corrected chi connectivity index (χ0v) is 12.5. The second-order valence-corrected chi connectivity index (χ2v) is 5.45. The molecule has 1 aromatic heterocycles. The number of nitrogens with one attached hydrogen (secondary N) is 2. The molecule has 0 bridgehead atoms. The van der Waals surface area contributed by atoms with Crippen molar-refractivity contribution < 1.29 is 14.3 Å². The Labute approximate surface area is 127 Å². The fraction of sp³-hybridized carbons (Fsp3) is 0.267. The number of carbonyl (C=O) groups is 2. The summed E-state index contributed by atoms with van der Waals surface area (Å²) in [6, 6.07) is 5.39. The minimum absolute atomic E-state index is 0.467. The van der Waals surface area contributed by atoms with Crippen LogP contribution in [-0.2, 0) is 16.6 Å². The van der Waals surface area contributed by atoms with E-state index in [0.29, 0.717) is 17.1 Å². The van der Waals surface area contributed by atoms with Crippen LogP contribution in [0.2, 0.25) is 0 Å². The van der Waals surface area contributed by atoms with Crippen molar-refractivity contribution >= 4 is 23.2 Å². The monoisotopic (exact) mass is 300 g/mol. The van der Waals surface area contributed by atoms with Crippen molar-refractivity contribution in [1.82, 2.24) is 9.78 Å². The van der Waals surface area contributed by atoms with Gasteiger partial charge in [0.05, 0.1) is 17.6 Å². The zero-order valence-electron chi connectivity index (χ0n) is 12.5. The molecule has 0 fully saturated rings. The molecule has 2 amide bonds. The number of carbonyl (C=O) groups excluding carboxylic acids is 2. The Morgan fingerprint density at radius 1 is 1.45 bits per heavy atom. The molecule has 2 N–H and O–H groups in total. The van der Waals surface area contributed by atoms with Crippen molar-refractivity contribution in [3.63, 3.8) is 0 Å². The average Bonchev–Trinajstić information content (AvgIpc) is 2.86. The third-order valence-corrected chi connectivity index (χ3v) is 3.53. The van der Waals surface area contributed by atoms with E-state index >= 15 is 0 Å². The van der Waals surface area contributed by atoms with Crippen LogP contribution >= 0.6 is 0 Å². The van der Waals surface area contributed by atoms with Crippen molar-refractivity contribution in [3.05, 3.63) is 36.2 Å². The first-order valence-electron chi connectivity index (χ1n) is 6.80. The molecule has 0 aliphatic carbocycles. The normalized spacial score (nSPS) is 19.9. The fourth-order valence-corrected chi connectivity index (χ4v) is 2.22. The summed E-state index contributed by atoms with van der Waals surface area (Å²) in [5, 5.41) is 9.32. The van der Waals surface area contributed by atoms with Crippen molar-refractivity contribution in [2.24, 2.45) is 7.05 Å². The average molecular weight is 300 g/mol. The molecule has 114 valence electrons. The second-order valence-electron chi connectivity index (χ2n) is 5.45. The second kappa shape index (κ2) is 4.87. The molecule has 1 atom stereocenters. The largest absolute Gasteiger partial charge is 0.466 e. The van der Waals surface area contributed by atoms with Crippen molar-refractivity contribution in [1.29, 1.82) is 0 Å². The van der Waals surface area contributed by atoms with Crippen molar-refractivity contribution in [3.8, 4) is 5.75 Å². The summed E-state index contributed by atoms with van der Waals surface area (Å²) >= 11 is 0. The topological polar surface area (TPSA) is 85.3 Å². The summed E-state index contributed by atoms with van der Waals surface area (Å²) in [6.07, 6.45) is 3.14. The lowest BCUT2D eigenvalue weighted by atomic mass is 10.0. The number of amides is 2. The van der Waals surface area contributed by atoms with E-state index < -0.39 is 17.4 Å². The molecule has 2 aromatic rings. The van der Waals surface area contributed by atoms with Crippen LogP contribution in [0.3, 0.4) is 0 Å². The van der Waals surface area contributed by atoms with Gasteiger partial charge in [-0.25, -0.2) is 0 Å². The predicted octanol–water partition coefficient (Wildman–Crippen LogP) is 1.46. The molecule has 1 aromatic carbocycles. The number of hydrogen-bond donors (Lipinski definition) is 2. The lowest BCUT2D eigenvalue weighted by Crippen LogP contribution is -2.56. The predicted molar refractivity (Wildman–Crippen MR) is 80.7 cm³/mol. The fourth-order valence-electron chi connectivity index (χ4n) is 2.22. The molecule has 1 aliphatic rings. The van der Waals surface area contributed by atoms with Gasteiger partial charge in [0.1, 0.15) is 5.75 Å². The summed E-state index contributed by atoms with van der Waals surface area (Å²) in [5.74, 6) is -0.592. The Morgan fingerprint density at radius 3 is 2.91 bits per heavy atom. The Bertz CT molecular complexity index is 768. The van der Waals surface area contributed by atoms with Gasteiger partial charge < -0.3 is 15.4 Å². The molecule has 0 spiro atoms. The number of aromatic nitrogens is 2. The Kier molecular flexibility index (Phi) is 3.13. The summed E-state index contributed by atoms with van der Waals surface area (Å²) in [5.41, 5.74) is 0.417. The Morgan fingerprint density at radius 2 is 2.23 bits per heavy atom. The smallest absolute Gasteiger partial charge is 0.278 e. The van der Waals surface area contributed by atoms with Gasteiger partial charge in [0.15, 0.2) is 0 Å². The molecular formula is C15H16N4O3. The number of aryl methyl sites for hydroxylation is 2. The highest BCUT2D eigenvalue weighted by molar-refractivity contribution is 6.18. The number of ether oxygens (including phenoxy) is 1. The number of benzene rings is 1. The lowest BCUT2D eigenvalue weighted by molar-refractivity contribution is -0.143. The molecule has 0 radical (unpaired) electrons. The van der Waals surface area contributed by atoms with Crippen LogP contribution in [0.4, 0.5) is 11.4 Å². The quantitative estimate of drug-likeness (QED) is 0.822. The van der Waals surface area contributed by atoms with E-state index in [4.69, 9.17) is 4.74 Å². The van der Waals surface area contributed by atoms with Crippen LogP contribution in [0, 0.1) is 6.92 Å². The standard InChI is InChI=1S/C15H16N4O3/c1-9-4-5-12-11(6-9)18-14(21)15(2,22-12)13(20)17-10-7-16-19(3)8-10/h4-8H,1-3H3,(H,17,20)(H,18,21)/t15-/m0/s1. The molecule has 22 heavy (non-hydrogen) atoms. The first-order chi connectivity index (χ1) is 10.4. The molecule has 1 aliphatic heterocycles. The van der Waals surface area contributed by atoms with Gasteiger partial charge in [-0.2, -0.15) is 5.10 Å². The van der Waals surface area contributed by atoms with E-state index in [9.17, 15) is 9.59 Å². The first-order valence-corrected chi connectivity index (χ1v) is 6.80. The van der Waals surface area contributed by atoms with E-state index in [1.165, 1.54) is 13.1 Å². The van der Waals surface area contributed by atoms with Crippen molar-refractivity contribution in [2.75, 3.05) is 10.6 Å². The Hall–Kier alpha value is -2.83. The van der Waals surface area contributed by atoms with Crippen LogP contribution in [0.25, 0.3) is 0 Å². The van der Waals surface area contributed by atoms with Crippen LogP contribution in [0.5, 0.6) is 5.75 Å². The minimum atomic E-state index is -1.64. The van der Waals surface area contributed by atoms with E-state index in [0.717, 1.165) is 5.56 Å². The molecule has 3 rings (SSSR count). The van der Waals surface area contributed by atoms with Gasteiger partial charge in [-0.3, -0.25) is 14.3 Å². The Balaban J connectivity index is 1.87. The van der Waals surface area contributed by atoms with Gasteiger partial charge in [0, 0.05) is 13.2 Å². The summed E-state index contributed by atoms with van der Waals surface area (Å²) in [6.45, 7) is 3.35. The maximum absolute atomic E-state index is 12.5. The highest BCUT2D eigenvalue weighted by Gasteiger charge is 2.47.